The molecule has 198 valence electrons. The molecule has 2 saturated heterocycles. The summed E-state index contributed by atoms with van der Waals surface area (Å²) >= 11 is 0. The first-order chi connectivity index (χ1) is 18.3. The average Bonchev–Trinajstić information content (AvgIpc) is 2.91. The standard InChI is InChI=1S/C31H34N2O4S/c1-21-9-5-7-17-32(21)23-13-15-25-28(19-23)37-29-20-24(33-18-8-6-10-22(33)2)14-16-26(29)31(25)27-11-3-4-12-30(27)38(34,35)36/h3-4,11-16,19-22H,5-10,17-18H2,1-2H3. The summed E-state index contributed by atoms with van der Waals surface area (Å²) in [4.78, 5) is 2.21. The van der Waals surface area contributed by atoms with Gasteiger partial charge in [-0.1, -0.05) is 18.2 Å². The fraction of sp³-hybridized carbons (Fsp3) is 0.387. The Morgan fingerprint density at radius 1 is 0.921 bits per heavy atom. The summed E-state index contributed by atoms with van der Waals surface area (Å²) in [5.41, 5.74) is 3.70. The molecule has 0 amide bonds. The van der Waals surface area contributed by atoms with Gasteiger partial charge in [0.1, 0.15) is 28.0 Å². The molecule has 2 aromatic carbocycles. The maximum Gasteiger partial charge on any atom is 0.203 e. The van der Waals surface area contributed by atoms with Gasteiger partial charge in [-0.2, -0.15) is 0 Å². The quantitative estimate of drug-likeness (QED) is 0.189. The molecular weight excluding hydrogens is 496 g/mol. The Balaban J connectivity index is 1.66. The highest BCUT2D eigenvalue weighted by molar-refractivity contribution is 7.85. The van der Waals surface area contributed by atoms with E-state index in [-0.39, 0.29) is 4.90 Å². The van der Waals surface area contributed by atoms with Crippen molar-refractivity contribution in [3.63, 3.8) is 0 Å². The van der Waals surface area contributed by atoms with Gasteiger partial charge < -0.3 is 13.9 Å². The van der Waals surface area contributed by atoms with Crippen molar-refractivity contribution in [2.75, 3.05) is 18.0 Å². The lowest BCUT2D eigenvalue weighted by atomic mass is 9.93. The SMILES string of the molecule is CC1CCCCN1c1ccc2c(-c3ccccc3S(=O)(=O)[O-])c3ccc(=[N+]4CCCCC4C)cc-3oc2c1. The first-order valence-corrected chi connectivity index (χ1v) is 15.1. The third kappa shape index (κ3) is 4.52. The molecule has 0 N–H and O–H groups in total. The fourth-order valence-electron chi connectivity index (χ4n) is 6.37. The van der Waals surface area contributed by atoms with Crippen molar-refractivity contribution >= 4 is 26.8 Å². The molecule has 0 saturated carbocycles. The van der Waals surface area contributed by atoms with Gasteiger partial charge >= 0.3 is 0 Å². The van der Waals surface area contributed by atoms with Gasteiger partial charge in [0.05, 0.1) is 11.0 Å². The van der Waals surface area contributed by atoms with Crippen LogP contribution in [0.4, 0.5) is 5.69 Å². The van der Waals surface area contributed by atoms with Crippen molar-refractivity contribution in [3.8, 4) is 22.5 Å². The molecule has 2 unspecified atom stereocenters. The first kappa shape index (κ1) is 25.1. The minimum absolute atomic E-state index is 0.212. The number of hydrogen-bond acceptors (Lipinski definition) is 5. The lowest BCUT2D eigenvalue weighted by Gasteiger charge is -2.35. The lowest BCUT2D eigenvalue weighted by Crippen LogP contribution is -2.40. The van der Waals surface area contributed by atoms with Crippen molar-refractivity contribution in [2.24, 2.45) is 0 Å². The molecule has 0 spiro atoms. The second-order valence-corrected chi connectivity index (χ2v) is 12.2. The van der Waals surface area contributed by atoms with E-state index in [9.17, 15) is 13.0 Å². The molecule has 3 heterocycles. The zero-order chi connectivity index (χ0) is 26.4. The van der Waals surface area contributed by atoms with Crippen molar-refractivity contribution < 1.29 is 17.4 Å². The van der Waals surface area contributed by atoms with Crippen LogP contribution in [0.25, 0.3) is 33.4 Å². The van der Waals surface area contributed by atoms with Crippen LogP contribution in [0.5, 0.6) is 0 Å². The third-order valence-electron chi connectivity index (χ3n) is 8.38. The molecule has 1 aliphatic carbocycles. The minimum atomic E-state index is -4.68. The van der Waals surface area contributed by atoms with Crippen molar-refractivity contribution in [3.05, 3.63) is 66.0 Å². The monoisotopic (exact) mass is 530 g/mol. The van der Waals surface area contributed by atoms with Gasteiger partial charge in [0, 0.05) is 65.3 Å². The molecule has 2 fully saturated rings. The summed E-state index contributed by atoms with van der Waals surface area (Å²) in [5.74, 6) is 0.685. The highest BCUT2D eigenvalue weighted by atomic mass is 32.2. The predicted octanol–water partition coefficient (Wildman–Crippen LogP) is 5.83. The average molecular weight is 531 g/mol. The van der Waals surface area contributed by atoms with Gasteiger partial charge in [-0.05, 0) is 63.8 Å². The van der Waals surface area contributed by atoms with Crippen LogP contribution < -0.4 is 14.8 Å². The van der Waals surface area contributed by atoms with E-state index in [2.05, 4.69) is 47.6 Å². The van der Waals surface area contributed by atoms with Crippen LogP contribution in [0.15, 0.2) is 70.0 Å². The summed E-state index contributed by atoms with van der Waals surface area (Å²) < 4.78 is 45.9. The van der Waals surface area contributed by atoms with E-state index in [1.165, 1.54) is 18.9 Å². The summed E-state index contributed by atoms with van der Waals surface area (Å²) in [6.07, 6.45) is 7.11. The molecule has 0 bridgehead atoms. The van der Waals surface area contributed by atoms with E-state index in [1.54, 1.807) is 18.2 Å². The number of anilines is 1. The third-order valence-corrected chi connectivity index (χ3v) is 9.28. The van der Waals surface area contributed by atoms with Gasteiger partial charge in [-0.15, -0.1) is 0 Å². The molecule has 3 aliphatic heterocycles. The minimum Gasteiger partial charge on any atom is -0.744 e. The molecule has 6 rings (SSSR count). The highest BCUT2D eigenvalue weighted by Gasteiger charge is 2.26. The van der Waals surface area contributed by atoms with E-state index in [0.717, 1.165) is 60.8 Å². The van der Waals surface area contributed by atoms with Gasteiger partial charge in [-0.3, -0.25) is 0 Å². The van der Waals surface area contributed by atoms with Crippen LogP contribution in [0.2, 0.25) is 0 Å². The molecule has 2 aromatic rings. The number of piperidine rings is 2. The smallest absolute Gasteiger partial charge is 0.203 e. The van der Waals surface area contributed by atoms with Crippen LogP contribution >= 0.6 is 0 Å². The normalized spacial score (nSPS) is 22.2. The number of fused-ring (bicyclic) bond motifs is 2. The molecule has 2 atom stereocenters. The molecule has 4 aliphatic rings. The van der Waals surface area contributed by atoms with E-state index >= 15 is 0 Å². The summed E-state index contributed by atoms with van der Waals surface area (Å²) in [6.45, 7) is 6.52. The van der Waals surface area contributed by atoms with Crippen molar-refractivity contribution in [2.45, 2.75) is 69.4 Å². The topological polar surface area (TPSA) is 76.6 Å². The van der Waals surface area contributed by atoms with Crippen molar-refractivity contribution in [1.82, 2.24) is 4.58 Å². The lowest BCUT2D eigenvalue weighted by molar-refractivity contribution is 0.361. The number of hydrogen-bond donors (Lipinski definition) is 0. The van der Waals surface area contributed by atoms with Crippen LogP contribution in [-0.2, 0) is 10.1 Å². The Labute approximate surface area is 224 Å². The molecule has 6 nitrogen and oxygen atoms in total. The molecule has 38 heavy (non-hydrogen) atoms. The predicted molar refractivity (Wildman–Crippen MR) is 150 cm³/mol. The van der Waals surface area contributed by atoms with Gasteiger partial charge in [0.15, 0.2) is 6.04 Å². The maximum absolute atomic E-state index is 12.3. The second-order valence-electron chi connectivity index (χ2n) is 10.9. The molecular formula is C31H34N2O4S. The molecule has 7 heteroatoms. The Kier molecular flexibility index (Phi) is 6.52. The van der Waals surface area contributed by atoms with E-state index in [4.69, 9.17) is 4.42 Å². The molecule has 0 aromatic heterocycles. The summed E-state index contributed by atoms with van der Waals surface area (Å²) in [5, 5.41) is 1.89. The highest BCUT2D eigenvalue weighted by Crippen LogP contribution is 2.43. The van der Waals surface area contributed by atoms with Crippen LogP contribution in [0.3, 0.4) is 0 Å². The van der Waals surface area contributed by atoms with Gasteiger partial charge in [0.25, 0.3) is 0 Å². The second kappa shape index (κ2) is 9.86. The van der Waals surface area contributed by atoms with Gasteiger partial charge in [-0.25, -0.2) is 13.0 Å². The Bertz CT molecular complexity index is 1660. The van der Waals surface area contributed by atoms with Gasteiger partial charge in [0.2, 0.25) is 5.36 Å². The Morgan fingerprint density at radius 3 is 2.53 bits per heavy atom. The Morgan fingerprint density at radius 2 is 1.74 bits per heavy atom. The summed E-state index contributed by atoms with van der Waals surface area (Å²) in [6, 6.07) is 19.7. The number of nitrogens with zero attached hydrogens (tertiary/aromatic N) is 2. The fourth-order valence-corrected chi connectivity index (χ4v) is 7.05. The first-order valence-electron chi connectivity index (χ1n) is 13.7. The van der Waals surface area contributed by atoms with Crippen molar-refractivity contribution in [1.29, 1.82) is 0 Å². The number of rotatable bonds is 3. The largest absolute Gasteiger partial charge is 0.744 e. The van der Waals surface area contributed by atoms with E-state index in [1.807, 2.05) is 12.1 Å². The van der Waals surface area contributed by atoms with Crippen LogP contribution in [-0.4, -0.2) is 38.1 Å². The van der Waals surface area contributed by atoms with E-state index < -0.39 is 10.1 Å². The Hall–Kier alpha value is -3.16. The zero-order valence-corrected chi connectivity index (χ0v) is 22.8. The summed E-state index contributed by atoms with van der Waals surface area (Å²) in [7, 11) is -4.68. The number of benzene rings is 3. The van der Waals surface area contributed by atoms with E-state index in [0.29, 0.717) is 34.6 Å². The molecule has 0 radical (unpaired) electrons. The van der Waals surface area contributed by atoms with Crippen LogP contribution in [0, 0.1) is 0 Å². The zero-order valence-electron chi connectivity index (χ0n) is 22.0. The maximum atomic E-state index is 12.3. The van der Waals surface area contributed by atoms with Crippen LogP contribution in [0.1, 0.15) is 52.4 Å².